The standard InChI is InChI=1S/C14H25N5O/c1-5-15-12-11(20-4)13(18-10-17-12)16-9-14(19(2)3)7-6-8-14/h10H,5-9H2,1-4H3,(H2,15,16,17,18). The summed E-state index contributed by atoms with van der Waals surface area (Å²) in [6.45, 7) is 3.71. The number of anilines is 2. The van der Waals surface area contributed by atoms with Crippen LogP contribution < -0.4 is 15.4 Å². The maximum Gasteiger partial charge on any atom is 0.204 e. The molecule has 1 aliphatic carbocycles. The molecule has 6 nitrogen and oxygen atoms in total. The van der Waals surface area contributed by atoms with Gasteiger partial charge in [0.2, 0.25) is 5.75 Å². The Morgan fingerprint density at radius 1 is 1.25 bits per heavy atom. The fourth-order valence-corrected chi connectivity index (χ4v) is 2.60. The SMILES string of the molecule is CCNc1ncnc(NCC2(N(C)C)CCC2)c1OC. The molecule has 0 unspecified atom stereocenters. The van der Waals surface area contributed by atoms with Crippen LogP contribution in [0.3, 0.4) is 0 Å². The Morgan fingerprint density at radius 2 is 1.90 bits per heavy atom. The third-order valence-electron chi connectivity index (χ3n) is 4.17. The van der Waals surface area contributed by atoms with E-state index in [0.717, 1.165) is 24.7 Å². The van der Waals surface area contributed by atoms with Crippen LogP contribution in [0.2, 0.25) is 0 Å². The summed E-state index contributed by atoms with van der Waals surface area (Å²) in [5.74, 6) is 2.18. The second-order valence-corrected chi connectivity index (χ2v) is 5.46. The Morgan fingerprint density at radius 3 is 2.35 bits per heavy atom. The number of ether oxygens (including phenoxy) is 1. The Balaban J connectivity index is 2.11. The van der Waals surface area contributed by atoms with E-state index in [1.54, 1.807) is 13.4 Å². The van der Waals surface area contributed by atoms with E-state index < -0.39 is 0 Å². The molecule has 0 atom stereocenters. The van der Waals surface area contributed by atoms with Crippen LogP contribution in [0.5, 0.6) is 5.75 Å². The summed E-state index contributed by atoms with van der Waals surface area (Å²) in [7, 11) is 5.93. The lowest BCUT2D eigenvalue weighted by molar-refractivity contribution is 0.0738. The van der Waals surface area contributed by atoms with Gasteiger partial charge in [-0.1, -0.05) is 0 Å². The molecular weight excluding hydrogens is 254 g/mol. The van der Waals surface area contributed by atoms with E-state index in [1.807, 2.05) is 6.92 Å². The molecule has 2 N–H and O–H groups in total. The number of likely N-dealkylation sites (N-methyl/N-ethyl adjacent to an activating group) is 1. The molecule has 2 rings (SSSR count). The molecule has 1 saturated carbocycles. The highest BCUT2D eigenvalue weighted by molar-refractivity contribution is 5.63. The van der Waals surface area contributed by atoms with E-state index in [0.29, 0.717) is 5.75 Å². The molecule has 0 radical (unpaired) electrons. The number of hydrogen-bond acceptors (Lipinski definition) is 6. The Labute approximate surface area is 120 Å². The van der Waals surface area contributed by atoms with Gasteiger partial charge >= 0.3 is 0 Å². The van der Waals surface area contributed by atoms with Crippen molar-refractivity contribution in [3.8, 4) is 5.75 Å². The molecule has 0 bridgehead atoms. The van der Waals surface area contributed by atoms with Gasteiger partial charge in [-0.25, -0.2) is 9.97 Å². The molecule has 1 aromatic heterocycles. The molecule has 112 valence electrons. The van der Waals surface area contributed by atoms with Crippen molar-refractivity contribution in [2.75, 3.05) is 44.9 Å². The molecule has 1 fully saturated rings. The minimum absolute atomic E-state index is 0.244. The molecule has 0 aromatic carbocycles. The molecule has 0 saturated heterocycles. The summed E-state index contributed by atoms with van der Waals surface area (Å²) in [4.78, 5) is 10.8. The van der Waals surface area contributed by atoms with E-state index in [1.165, 1.54) is 19.3 Å². The maximum atomic E-state index is 5.44. The van der Waals surface area contributed by atoms with E-state index in [2.05, 4.69) is 39.6 Å². The number of methoxy groups -OCH3 is 1. The zero-order valence-corrected chi connectivity index (χ0v) is 12.9. The van der Waals surface area contributed by atoms with Gasteiger partial charge in [0.15, 0.2) is 11.6 Å². The number of nitrogens with zero attached hydrogens (tertiary/aromatic N) is 3. The van der Waals surface area contributed by atoms with Gasteiger partial charge in [0.05, 0.1) is 7.11 Å². The zero-order valence-electron chi connectivity index (χ0n) is 12.9. The van der Waals surface area contributed by atoms with Crippen molar-refractivity contribution in [1.29, 1.82) is 0 Å². The first kappa shape index (κ1) is 14.8. The van der Waals surface area contributed by atoms with Crippen LogP contribution in [-0.4, -0.2) is 54.7 Å². The molecule has 20 heavy (non-hydrogen) atoms. The number of hydrogen-bond donors (Lipinski definition) is 2. The van der Waals surface area contributed by atoms with Gasteiger partial charge in [-0.2, -0.15) is 0 Å². The molecule has 1 aliphatic rings. The van der Waals surface area contributed by atoms with Crippen LogP contribution >= 0.6 is 0 Å². The average Bonchev–Trinajstić information content (AvgIpc) is 2.37. The Kier molecular flexibility index (Phi) is 4.65. The van der Waals surface area contributed by atoms with Crippen LogP contribution in [0.25, 0.3) is 0 Å². The number of nitrogens with one attached hydrogen (secondary N) is 2. The van der Waals surface area contributed by atoms with E-state index in [4.69, 9.17) is 4.74 Å². The highest BCUT2D eigenvalue weighted by Gasteiger charge is 2.39. The highest BCUT2D eigenvalue weighted by Crippen LogP contribution is 2.37. The first-order valence-corrected chi connectivity index (χ1v) is 7.17. The number of rotatable bonds is 7. The summed E-state index contributed by atoms with van der Waals surface area (Å²) in [5, 5.41) is 6.62. The summed E-state index contributed by atoms with van der Waals surface area (Å²) in [6.07, 6.45) is 5.30. The van der Waals surface area contributed by atoms with Gasteiger partial charge in [0.25, 0.3) is 0 Å². The number of aromatic nitrogens is 2. The average molecular weight is 279 g/mol. The van der Waals surface area contributed by atoms with Gasteiger partial charge in [0.1, 0.15) is 6.33 Å². The van der Waals surface area contributed by atoms with Crippen molar-refractivity contribution in [3.05, 3.63) is 6.33 Å². The van der Waals surface area contributed by atoms with Crippen LogP contribution in [-0.2, 0) is 0 Å². The highest BCUT2D eigenvalue weighted by atomic mass is 16.5. The van der Waals surface area contributed by atoms with Crippen LogP contribution in [0.1, 0.15) is 26.2 Å². The summed E-state index contributed by atoms with van der Waals surface area (Å²) in [5.41, 5.74) is 0.244. The molecule has 6 heteroatoms. The van der Waals surface area contributed by atoms with E-state index in [9.17, 15) is 0 Å². The molecule has 1 heterocycles. The van der Waals surface area contributed by atoms with Crippen LogP contribution in [0, 0.1) is 0 Å². The fraction of sp³-hybridized carbons (Fsp3) is 0.714. The quantitative estimate of drug-likeness (QED) is 0.794. The monoisotopic (exact) mass is 279 g/mol. The van der Waals surface area contributed by atoms with Crippen molar-refractivity contribution >= 4 is 11.6 Å². The van der Waals surface area contributed by atoms with Crippen molar-refractivity contribution in [2.45, 2.75) is 31.7 Å². The molecule has 0 spiro atoms. The van der Waals surface area contributed by atoms with Gasteiger partial charge < -0.3 is 20.3 Å². The largest absolute Gasteiger partial charge is 0.490 e. The summed E-state index contributed by atoms with van der Waals surface area (Å²) >= 11 is 0. The first-order chi connectivity index (χ1) is 9.63. The van der Waals surface area contributed by atoms with Gasteiger partial charge in [-0.15, -0.1) is 0 Å². The summed E-state index contributed by atoms with van der Waals surface area (Å²) < 4.78 is 5.44. The molecule has 1 aromatic rings. The molecular formula is C14H25N5O. The lowest BCUT2D eigenvalue weighted by atomic mass is 9.75. The Hall–Kier alpha value is -1.56. The maximum absolute atomic E-state index is 5.44. The van der Waals surface area contributed by atoms with Gasteiger partial charge in [-0.05, 0) is 40.3 Å². The van der Waals surface area contributed by atoms with Crippen LogP contribution in [0.4, 0.5) is 11.6 Å². The van der Waals surface area contributed by atoms with Crippen LogP contribution in [0.15, 0.2) is 6.33 Å². The predicted octanol–water partition coefficient (Wildman–Crippen LogP) is 1.81. The normalized spacial score (nSPS) is 16.6. The van der Waals surface area contributed by atoms with E-state index in [-0.39, 0.29) is 5.54 Å². The third-order valence-corrected chi connectivity index (χ3v) is 4.17. The van der Waals surface area contributed by atoms with Crippen molar-refractivity contribution in [1.82, 2.24) is 14.9 Å². The zero-order chi connectivity index (χ0) is 14.6. The van der Waals surface area contributed by atoms with Crippen molar-refractivity contribution in [2.24, 2.45) is 0 Å². The molecule has 0 aliphatic heterocycles. The second kappa shape index (κ2) is 6.26. The van der Waals surface area contributed by atoms with Crippen molar-refractivity contribution in [3.63, 3.8) is 0 Å². The fourth-order valence-electron chi connectivity index (χ4n) is 2.60. The first-order valence-electron chi connectivity index (χ1n) is 7.17. The summed E-state index contributed by atoms with van der Waals surface area (Å²) in [6, 6.07) is 0. The Bertz CT molecular complexity index is 445. The van der Waals surface area contributed by atoms with E-state index >= 15 is 0 Å². The van der Waals surface area contributed by atoms with Crippen molar-refractivity contribution < 1.29 is 4.74 Å². The predicted molar refractivity (Wildman–Crippen MR) is 81.5 cm³/mol. The van der Waals surface area contributed by atoms with Gasteiger partial charge in [-0.3, -0.25) is 0 Å². The minimum Gasteiger partial charge on any atom is -0.490 e. The lowest BCUT2D eigenvalue weighted by Crippen LogP contribution is -2.54. The minimum atomic E-state index is 0.244. The topological polar surface area (TPSA) is 62.3 Å². The smallest absolute Gasteiger partial charge is 0.204 e. The lowest BCUT2D eigenvalue weighted by Gasteiger charge is -2.47. The molecule has 0 amide bonds. The second-order valence-electron chi connectivity index (χ2n) is 5.46. The third kappa shape index (κ3) is 2.80. The van der Waals surface area contributed by atoms with Gasteiger partial charge in [0, 0.05) is 18.6 Å².